The molecule has 0 N–H and O–H groups in total. The van der Waals surface area contributed by atoms with Gasteiger partial charge in [-0.05, 0) is 55.1 Å². The van der Waals surface area contributed by atoms with Gasteiger partial charge in [-0.15, -0.1) is 0 Å². The van der Waals surface area contributed by atoms with Crippen molar-refractivity contribution in [2.45, 2.75) is 26.2 Å². The van der Waals surface area contributed by atoms with Gasteiger partial charge in [0.15, 0.2) is 0 Å². The molecule has 0 aliphatic carbocycles. The number of nitrogens with zero attached hydrogens (tertiary/aromatic N) is 1. The molecular weight excluding hydrogens is 342 g/mol. The van der Waals surface area contributed by atoms with E-state index in [1.807, 2.05) is 37.3 Å². The molecule has 2 aromatic rings. The van der Waals surface area contributed by atoms with E-state index in [1.165, 1.54) is 0 Å². The van der Waals surface area contributed by atoms with Gasteiger partial charge in [0.05, 0.1) is 5.56 Å². The number of hydrogen-bond donors (Lipinski definition) is 0. The quantitative estimate of drug-likeness (QED) is 0.728. The molecule has 4 rings (SSSR count). The topological polar surface area (TPSA) is 55.8 Å². The lowest BCUT2D eigenvalue weighted by molar-refractivity contribution is -0.289. The number of fused-ring (bicyclic) bond motifs is 2. The van der Waals surface area contributed by atoms with Crippen LogP contribution in [0, 0.1) is 13.8 Å². The van der Waals surface area contributed by atoms with Crippen molar-refractivity contribution >= 4 is 11.9 Å². The lowest BCUT2D eigenvalue weighted by Gasteiger charge is -2.44. The fourth-order valence-corrected chi connectivity index (χ4v) is 3.89. The average Bonchev–Trinajstić information content (AvgIpc) is 2.80. The molecular formula is C22H21NO4. The minimum Gasteiger partial charge on any atom is -0.401 e. The first kappa shape index (κ1) is 17.5. The van der Waals surface area contributed by atoms with Gasteiger partial charge in [0.1, 0.15) is 0 Å². The fourth-order valence-electron chi connectivity index (χ4n) is 3.89. The van der Waals surface area contributed by atoms with Gasteiger partial charge in [-0.3, -0.25) is 0 Å². The Morgan fingerprint density at radius 2 is 1.63 bits per heavy atom. The number of carbonyl (C=O) groups is 2. The van der Waals surface area contributed by atoms with Gasteiger partial charge < -0.3 is 9.47 Å². The summed E-state index contributed by atoms with van der Waals surface area (Å²) in [5.41, 5.74) is 5.91. The third-order valence-electron chi connectivity index (χ3n) is 5.36. The van der Waals surface area contributed by atoms with Crippen LogP contribution in [0.3, 0.4) is 0 Å². The monoisotopic (exact) mass is 363 g/mol. The zero-order chi connectivity index (χ0) is 19.2. The van der Waals surface area contributed by atoms with E-state index in [2.05, 4.69) is 13.0 Å². The zero-order valence-corrected chi connectivity index (χ0v) is 15.6. The predicted molar refractivity (Wildman–Crippen MR) is 101 cm³/mol. The molecule has 138 valence electrons. The van der Waals surface area contributed by atoms with Crippen LogP contribution in [0.1, 0.15) is 22.3 Å². The summed E-state index contributed by atoms with van der Waals surface area (Å²) in [5.74, 6) is -2.77. The van der Waals surface area contributed by atoms with E-state index in [4.69, 9.17) is 9.47 Å². The van der Waals surface area contributed by atoms with Crippen LogP contribution in [0.2, 0.25) is 0 Å². The van der Waals surface area contributed by atoms with Crippen molar-refractivity contribution in [3.05, 3.63) is 70.8 Å². The normalized spacial score (nSPS) is 18.6. The Morgan fingerprint density at radius 3 is 2.26 bits per heavy atom. The number of carbonyl (C=O) groups excluding carboxylic acids is 2. The SMILES string of the molecule is Cc1cc2c(c(-c3ccccc3)c1C)C1(OC(=O)C=CC(=O)O1)N(C)CC2. The number of hydrogen-bond acceptors (Lipinski definition) is 5. The van der Waals surface area contributed by atoms with Crippen molar-refractivity contribution in [2.24, 2.45) is 0 Å². The summed E-state index contributed by atoms with van der Waals surface area (Å²) in [6, 6.07) is 12.0. The molecule has 0 saturated heterocycles. The molecule has 0 aromatic heterocycles. The summed E-state index contributed by atoms with van der Waals surface area (Å²) in [7, 11) is 1.80. The summed E-state index contributed by atoms with van der Waals surface area (Å²) in [6.07, 6.45) is 3.00. The van der Waals surface area contributed by atoms with Gasteiger partial charge in [-0.25, -0.2) is 14.5 Å². The first-order valence-electron chi connectivity index (χ1n) is 8.96. The molecule has 2 heterocycles. The molecule has 0 saturated carbocycles. The van der Waals surface area contributed by atoms with Gasteiger partial charge in [-0.1, -0.05) is 36.4 Å². The van der Waals surface area contributed by atoms with Crippen molar-refractivity contribution in [1.29, 1.82) is 0 Å². The molecule has 0 radical (unpaired) electrons. The summed E-state index contributed by atoms with van der Waals surface area (Å²) in [5, 5.41) is 0. The Hall–Kier alpha value is -2.92. The number of likely N-dealkylation sites (N-methyl/N-ethyl adjacent to an activating group) is 1. The highest BCUT2D eigenvalue weighted by molar-refractivity contribution is 5.94. The lowest BCUT2D eigenvalue weighted by Crippen LogP contribution is -2.53. The second-order valence-electron chi connectivity index (χ2n) is 7.02. The molecule has 5 nitrogen and oxygen atoms in total. The minimum atomic E-state index is -1.57. The summed E-state index contributed by atoms with van der Waals surface area (Å²) in [6.45, 7) is 4.71. The van der Waals surface area contributed by atoms with Crippen molar-refractivity contribution in [1.82, 2.24) is 4.90 Å². The Balaban J connectivity index is 2.06. The third kappa shape index (κ3) is 2.75. The van der Waals surface area contributed by atoms with Crippen molar-refractivity contribution in [2.75, 3.05) is 13.6 Å². The van der Waals surface area contributed by atoms with Crippen molar-refractivity contribution in [3.63, 3.8) is 0 Å². The Kier molecular flexibility index (Phi) is 4.12. The molecule has 0 bridgehead atoms. The van der Waals surface area contributed by atoms with E-state index in [0.717, 1.165) is 52.0 Å². The molecule has 2 aromatic carbocycles. The van der Waals surface area contributed by atoms with Gasteiger partial charge in [-0.2, -0.15) is 0 Å². The maximum atomic E-state index is 12.3. The molecule has 0 atom stereocenters. The number of ether oxygens (including phenoxy) is 2. The van der Waals surface area contributed by atoms with Crippen LogP contribution in [0.25, 0.3) is 11.1 Å². The van der Waals surface area contributed by atoms with Crippen LogP contribution in [0.5, 0.6) is 0 Å². The molecule has 0 amide bonds. The van der Waals surface area contributed by atoms with Gasteiger partial charge in [0, 0.05) is 18.7 Å². The van der Waals surface area contributed by atoms with E-state index in [1.54, 1.807) is 11.9 Å². The van der Waals surface area contributed by atoms with Crippen LogP contribution in [-0.2, 0) is 31.4 Å². The molecule has 27 heavy (non-hydrogen) atoms. The first-order chi connectivity index (χ1) is 12.9. The van der Waals surface area contributed by atoms with Gasteiger partial charge in [0.25, 0.3) is 0 Å². The number of aryl methyl sites for hydroxylation is 1. The van der Waals surface area contributed by atoms with E-state index in [0.29, 0.717) is 6.54 Å². The maximum Gasteiger partial charge on any atom is 0.350 e. The summed E-state index contributed by atoms with van der Waals surface area (Å²) < 4.78 is 11.5. The van der Waals surface area contributed by atoms with Crippen LogP contribution in [0.15, 0.2) is 48.6 Å². The highest BCUT2D eigenvalue weighted by Crippen LogP contribution is 2.45. The highest BCUT2D eigenvalue weighted by Gasteiger charge is 2.51. The summed E-state index contributed by atoms with van der Waals surface area (Å²) in [4.78, 5) is 26.4. The second-order valence-corrected chi connectivity index (χ2v) is 7.02. The van der Waals surface area contributed by atoms with Gasteiger partial charge >= 0.3 is 17.8 Å². The average molecular weight is 363 g/mol. The number of benzene rings is 2. The largest absolute Gasteiger partial charge is 0.401 e. The number of rotatable bonds is 1. The third-order valence-corrected chi connectivity index (χ3v) is 5.36. The lowest BCUT2D eigenvalue weighted by atomic mass is 9.83. The molecule has 5 heteroatoms. The van der Waals surface area contributed by atoms with Crippen molar-refractivity contribution in [3.8, 4) is 11.1 Å². The highest BCUT2D eigenvalue weighted by atomic mass is 16.8. The second kappa shape index (κ2) is 6.35. The predicted octanol–water partition coefficient (Wildman–Crippen LogP) is 3.22. The van der Waals surface area contributed by atoms with Gasteiger partial charge in [0.2, 0.25) is 0 Å². The molecule has 1 spiro atoms. The summed E-state index contributed by atoms with van der Waals surface area (Å²) >= 11 is 0. The Labute approximate surface area is 158 Å². The van der Waals surface area contributed by atoms with Crippen LogP contribution < -0.4 is 0 Å². The zero-order valence-electron chi connectivity index (χ0n) is 15.6. The van der Waals surface area contributed by atoms with E-state index >= 15 is 0 Å². The fraction of sp³-hybridized carbons (Fsp3) is 0.273. The van der Waals surface area contributed by atoms with E-state index in [-0.39, 0.29) is 0 Å². The Bertz CT molecular complexity index is 942. The van der Waals surface area contributed by atoms with Crippen LogP contribution in [0.4, 0.5) is 0 Å². The molecule has 2 aliphatic heterocycles. The minimum absolute atomic E-state index is 0.599. The Morgan fingerprint density at radius 1 is 1.00 bits per heavy atom. The number of esters is 2. The van der Waals surface area contributed by atoms with Crippen LogP contribution >= 0.6 is 0 Å². The molecule has 2 aliphatic rings. The molecule has 0 fully saturated rings. The molecule has 0 unspecified atom stereocenters. The van der Waals surface area contributed by atoms with Crippen LogP contribution in [-0.4, -0.2) is 30.4 Å². The first-order valence-corrected chi connectivity index (χ1v) is 8.96. The van der Waals surface area contributed by atoms with E-state index in [9.17, 15) is 9.59 Å². The smallest absolute Gasteiger partial charge is 0.350 e. The van der Waals surface area contributed by atoms with Crippen molar-refractivity contribution < 1.29 is 19.1 Å². The van der Waals surface area contributed by atoms with E-state index < -0.39 is 17.8 Å². The standard InChI is InChI=1S/C22H21NO4/c1-14-13-17-11-12-23(3)22(26-18(24)9-10-19(25)27-22)21(17)20(15(14)2)16-7-5-4-6-8-16/h4-10,13H,11-12H2,1-3H3. The maximum absolute atomic E-state index is 12.3.